The van der Waals surface area contributed by atoms with Gasteiger partial charge in [-0.15, -0.1) is 0 Å². The van der Waals surface area contributed by atoms with E-state index in [9.17, 15) is 0 Å². The van der Waals surface area contributed by atoms with Crippen molar-refractivity contribution >= 4 is 0 Å². The van der Waals surface area contributed by atoms with Crippen LogP contribution in [0.2, 0.25) is 0 Å². The van der Waals surface area contributed by atoms with Crippen LogP contribution in [0.4, 0.5) is 0 Å². The fourth-order valence-electron chi connectivity index (χ4n) is 1.91. The second-order valence-corrected chi connectivity index (χ2v) is 4.68. The molecule has 2 heteroatoms. The van der Waals surface area contributed by atoms with Crippen molar-refractivity contribution in [3.8, 4) is 0 Å². The first kappa shape index (κ1) is 14.2. The summed E-state index contributed by atoms with van der Waals surface area (Å²) in [7, 11) is 2.20. The molecule has 0 unspecified atom stereocenters. The first-order valence-electron chi connectivity index (χ1n) is 6.76. The van der Waals surface area contributed by atoms with E-state index in [1.165, 1.54) is 31.4 Å². The van der Waals surface area contributed by atoms with Gasteiger partial charge in [0, 0.05) is 6.54 Å². The third kappa shape index (κ3) is 7.14. The van der Waals surface area contributed by atoms with Crippen molar-refractivity contribution in [3.63, 3.8) is 0 Å². The Morgan fingerprint density at radius 3 is 2.53 bits per heavy atom. The molecule has 0 bridgehead atoms. The number of rotatable bonds is 9. The maximum atomic E-state index is 3.44. The Hall–Kier alpha value is -0.860. The van der Waals surface area contributed by atoms with Gasteiger partial charge in [0.15, 0.2) is 0 Å². The SMILES string of the molecule is CCCNCCCCN(C)Cc1ccccc1. The quantitative estimate of drug-likeness (QED) is 0.661. The fraction of sp³-hybridized carbons (Fsp3) is 0.600. The second-order valence-electron chi connectivity index (χ2n) is 4.68. The van der Waals surface area contributed by atoms with Gasteiger partial charge in [0.1, 0.15) is 0 Å². The van der Waals surface area contributed by atoms with E-state index in [0.717, 1.165) is 19.6 Å². The Bertz CT molecular complexity index is 272. The summed E-state index contributed by atoms with van der Waals surface area (Å²) < 4.78 is 0. The molecule has 0 saturated carbocycles. The highest BCUT2D eigenvalue weighted by atomic mass is 15.1. The fourth-order valence-corrected chi connectivity index (χ4v) is 1.91. The Labute approximate surface area is 106 Å². The van der Waals surface area contributed by atoms with Crippen LogP contribution in [0.15, 0.2) is 30.3 Å². The Balaban J connectivity index is 2.03. The van der Waals surface area contributed by atoms with Gasteiger partial charge in [-0.3, -0.25) is 0 Å². The summed E-state index contributed by atoms with van der Waals surface area (Å²) >= 11 is 0. The van der Waals surface area contributed by atoms with Gasteiger partial charge in [-0.2, -0.15) is 0 Å². The van der Waals surface area contributed by atoms with E-state index < -0.39 is 0 Å². The zero-order chi connectivity index (χ0) is 12.3. The monoisotopic (exact) mass is 234 g/mol. The number of nitrogens with zero attached hydrogens (tertiary/aromatic N) is 1. The van der Waals surface area contributed by atoms with E-state index >= 15 is 0 Å². The Morgan fingerprint density at radius 1 is 1.06 bits per heavy atom. The predicted octanol–water partition coefficient (Wildman–Crippen LogP) is 2.90. The molecule has 0 aromatic heterocycles. The Kier molecular flexibility index (Phi) is 7.69. The lowest BCUT2D eigenvalue weighted by atomic mass is 10.2. The normalized spacial score (nSPS) is 11.0. The van der Waals surface area contributed by atoms with Gasteiger partial charge in [-0.25, -0.2) is 0 Å². The van der Waals surface area contributed by atoms with E-state index in [-0.39, 0.29) is 0 Å². The van der Waals surface area contributed by atoms with Gasteiger partial charge >= 0.3 is 0 Å². The molecule has 0 aliphatic heterocycles. The number of benzene rings is 1. The standard InChI is InChI=1S/C15H26N2/c1-3-11-16-12-7-8-13-17(2)14-15-9-5-4-6-10-15/h4-6,9-10,16H,3,7-8,11-14H2,1-2H3. The molecule has 0 aliphatic carbocycles. The minimum Gasteiger partial charge on any atom is -0.317 e. The van der Waals surface area contributed by atoms with Gasteiger partial charge in [-0.05, 0) is 51.5 Å². The molecule has 1 rings (SSSR count). The first-order valence-corrected chi connectivity index (χ1v) is 6.76. The van der Waals surface area contributed by atoms with Gasteiger partial charge < -0.3 is 10.2 Å². The molecule has 0 saturated heterocycles. The molecule has 1 aromatic carbocycles. The van der Waals surface area contributed by atoms with Crippen LogP contribution in [0.1, 0.15) is 31.7 Å². The van der Waals surface area contributed by atoms with Gasteiger partial charge in [0.25, 0.3) is 0 Å². The van der Waals surface area contributed by atoms with Crippen LogP contribution in [0, 0.1) is 0 Å². The molecular weight excluding hydrogens is 208 g/mol. The molecule has 17 heavy (non-hydrogen) atoms. The molecule has 96 valence electrons. The lowest BCUT2D eigenvalue weighted by Crippen LogP contribution is -2.21. The second kappa shape index (κ2) is 9.20. The molecular formula is C15H26N2. The summed E-state index contributed by atoms with van der Waals surface area (Å²) in [5.41, 5.74) is 1.40. The minimum atomic E-state index is 1.06. The number of nitrogens with one attached hydrogen (secondary N) is 1. The number of hydrogen-bond acceptors (Lipinski definition) is 2. The van der Waals surface area contributed by atoms with Crippen LogP contribution in [0.3, 0.4) is 0 Å². The van der Waals surface area contributed by atoms with E-state index in [1.54, 1.807) is 0 Å². The predicted molar refractivity (Wildman–Crippen MR) is 75.2 cm³/mol. The molecule has 0 atom stereocenters. The number of hydrogen-bond donors (Lipinski definition) is 1. The van der Waals surface area contributed by atoms with Crippen molar-refractivity contribution < 1.29 is 0 Å². The van der Waals surface area contributed by atoms with Crippen LogP contribution in [-0.4, -0.2) is 31.6 Å². The van der Waals surface area contributed by atoms with Crippen molar-refractivity contribution in [1.29, 1.82) is 0 Å². The van der Waals surface area contributed by atoms with Gasteiger partial charge in [-0.1, -0.05) is 37.3 Å². The molecule has 1 N–H and O–H groups in total. The maximum absolute atomic E-state index is 3.44. The number of unbranched alkanes of at least 4 members (excludes halogenated alkanes) is 1. The lowest BCUT2D eigenvalue weighted by Gasteiger charge is -2.16. The summed E-state index contributed by atoms with van der Waals surface area (Å²) in [6, 6.07) is 10.7. The van der Waals surface area contributed by atoms with Crippen LogP contribution in [0.5, 0.6) is 0 Å². The zero-order valence-electron chi connectivity index (χ0n) is 11.3. The molecule has 2 nitrogen and oxygen atoms in total. The summed E-state index contributed by atoms with van der Waals surface area (Å²) in [4.78, 5) is 2.40. The summed E-state index contributed by atoms with van der Waals surface area (Å²) in [5.74, 6) is 0. The van der Waals surface area contributed by atoms with Crippen molar-refractivity contribution in [2.45, 2.75) is 32.7 Å². The molecule has 0 fully saturated rings. The molecule has 0 heterocycles. The van der Waals surface area contributed by atoms with Crippen LogP contribution in [0.25, 0.3) is 0 Å². The average molecular weight is 234 g/mol. The topological polar surface area (TPSA) is 15.3 Å². The van der Waals surface area contributed by atoms with Crippen LogP contribution >= 0.6 is 0 Å². The third-order valence-corrected chi connectivity index (χ3v) is 2.87. The first-order chi connectivity index (χ1) is 8.33. The van der Waals surface area contributed by atoms with E-state index in [1.807, 2.05) is 0 Å². The van der Waals surface area contributed by atoms with Crippen molar-refractivity contribution in [1.82, 2.24) is 10.2 Å². The van der Waals surface area contributed by atoms with Crippen LogP contribution in [-0.2, 0) is 6.54 Å². The molecule has 0 amide bonds. The van der Waals surface area contributed by atoms with Crippen LogP contribution < -0.4 is 5.32 Å². The van der Waals surface area contributed by atoms with Crippen molar-refractivity contribution in [3.05, 3.63) is 35.9 Å². The Morgan fingerprint density at radius 2 is 1.82 bits per heavy atom. The highest BCUT2D eigenvalue weighted by Crippen LogP contribution is 2.03. The van der Waals surface area contributed by atoms with E-state index in [4.69, 9.17) is 0 Å². The molecule has 0 spiro atoms. The molecule has 0 aliphatic rings. The maximum Gasteiger partial charge on any atom is 0.0230 e. The minimum absolute atomic E-state index is 1.06. The summed E-state index contributed by atoms with van der Waals surface area (Å²) in [6.07, 6.45) is 3.78. The highest BCUT2D eigenvalue weighted by molar-refractivity contribution is 5.14. The molecule has 1 aromatic rings. The summed E-state index contributed by atoms with van der Waals surface area (Å²) in [6.45, 7) is 6.76. The van der Waals surface area contributed by atoms with E-state index in [2.05, 4.69) is 54.5 Å². The third-order valence-electron chi connectivity index (χ3n) is 2.87. The largest absolute Gasteiger partial charge is 0.317 e. The molecule has 0 radical (unpaired) electrons. The van der Waals surface area contributed by atoms with Crippen molar-refractivity contribution in [2.24, 2.45) is 0 Å². The lowest BCUT2D eigenvalue weighted by molar-refractivity contribution is 0.318. The van der Waals surface area contributed by atoms with Crippen molar-refractivity contribution in [2.75, 3.05) is 26.7 Å². The average Bonchev–Trinajstić information content (AvgIpc) is 2.35. The van der Waals surface area contributed by atoms with Gasteiger partial charge in [0.2, 0.25) is 0 Å². The van der Waals surface area contributed by atoms with E-state index in [0.29, 0.717) is 0 Å². The zero-order valence-corrected chi connectivity index (χ0v) is 11.3. The highest BCUT2D eigenvalue weighted by Gasteiger charge is 1.99. The smallest absolute Gasteiger partial charge is 0.0230 e. The summed E-state index contributed by atoms with van der Waals surface area (Å²) in [5, 5.41) is 3.44. The van der Waals surface area contributed by atoms with Gasteiger partial charge in [0.05, 0.1) is 0 Å².